The predicted octanol–water partition coefficient (Wildman–Crippen LogP) is 8.43. The third-order valence-electron chi connectivity index (χ3n) is 8.27. The summed E-state index contributed by atoms with van der Waals surface area (Å²) in [7, 11) is 0. The average Bonchev–Trinajstić information content (AvgIpc) is 2.93. The summed E-state index contributed by atoms with van der Waals surface area (Å²) >= 11 is 6.58. The fraction of sp³-hybridized carbons (Fsp3) is 0.594. The standard InChI is InChI=1S/C32H46ClNO5/c1-9-25(38-26-16-15-21(31(5,6)10-2)18-22(26)32(7,8)11-3)30(36)34-23-19-24(35)20(4)28(33)29(23)39-27-14-12-13-17-37-27/h15-16,18-19,25,27,35H,9-14,17H2,1-8H3,(H,34,36). The number of carbonyl (C=O) groups is 1. The van der Waals surface area contributed by atoms with Gasteiger partial charge in [-0.15, -0.1) is 0 Å². The number of anilines is 1. The lowest BCUT2D eigenvalue weighted by atomic mass is 9.76. The average molecular weight is 560 g/mol. The van der Waals surface area contributed by atoms with E-state index >= 15 is 0 Å². The minimum atomic E-state index is -0.762. The van der Waals surface area contributed by atoms with Gasteiger partial charge in [-0.25, -0.2) is 0 Å². The molecular weight excluding hydrogens is 514 g/mol. The molecule has 1 amide bonds. The van der Waals surface area contributed by atoms with Gasteiger partial charge in [-0.2, -0.15) is 0 Å². The molecular formula is C32H46ClNO5. The van der Waals surface area contributed by atoms with E-state index in [9.17, 15) is 9.90 Å². The van der Waals surface area contributed by atoms with E-state index in [0.717, 1.165) is 37.7 Å². The summed E-state index contributed by atoms with van der Waals surface area (Å²) in [4.78, 5) is 13.6. The Bertz CT molecular complexity index is 1150. The largest absolute Gasteiger partial charge is 0.508 e. The molecule has 0 radical (unpaired) electrons. The van der Waals surface area contributed by atoms with Crippen LogP contribution in [0.3, 0.4) is 0 Å². The maximum Gasteiger partial charge on any atom is 0.265 e. The summed E-state index contributed by atoms with van der Waals surface area (Å²) in [5.74, 6) is 0.629. The molecule has 2 aromatic rings. The van der Waals surface area contributed by atoms with Crippen LogP contribution >= 0.6 is 11.6 Å². The summed E-state index contributed by atoms with van der Waals surface area (Å²) < 4.78 is 18.2. The first kappa shape index (κ1) is 31.1. The van der Waals surface area contributed by atoms with Crippen molar-refractivity contribution in [2.45, 2.75) is 117 Å². The zero-order valence-electron chi connectivity index (χ0n) is 24.9. The van der Waals surface area contributed by atoms with Gasteiger partial charge in [0, 0.05) is 23.6 Å². The SMILES string of the molecule is CCC(Oc1ccc(C(C)(C)CC)cc1C(C)(C)CC)C(=O)Nc1cc(O)c(C)c(Cl)c1OC1CCCCO1. The van der Waals surface area contributed by atoms with E-state index in [4.69, 9.17) is 25.8 Å². The number of nitrogens with one attached hydrogen (secondary N) is 1. The van der Waals surface area contributed by atoms with Crippen LogP contribution < -0.4 is 14.8 Å². The van der Waals surface area contributed by atoms with Crippen molar-refractivity contribution in [2.75, 3.05) is 11.9 Å². The first-order chi connectivity index (χ1) is 18.3. The number of benzene rings is 2. The second-order valence-corrected chi connectivity index (χ2v) is 12.2. The third-order valence-corrected chi connectivity index (χ3v) is 8.73. The van der Waals surface area contributed by atoms with E-state index in [0.29, 0.717) is 35.8 Å². The molecule has 1 fully saturated rings. The Balaban J connectivity index is 1.92. The Hall–Kier alpha value is -2.44. The van der Waals surface area contributed by atoms with Crippen LogP contribution in [0.1, 0.15) is 104 Å². The molecule has 1 aliphatic rings. The molecule has 6 nitrogen and oxygen atoms in total. The lowest BCUT2D eigenvalue weighted by Gasteiger charge is -2.31. The number of hydrogen-bond donors (Lipinski definition) is 2. The van der Waals surface area contributed by atoms with E-state index in [1.807, 2.05) is 13.0 Å². The number of phenolic OH excluding ortho intramolecular Hbond substituents is 1. The van der Waals surface area contributed by atoms with E-state index in [-0.39, 0.29) is 27.5 Å². The number of ether oxygens (including phenoxy) is 3. The van der Waals surface area contributed by atoms with Crippen LogP contribution in [0.4, 0.5) is 5.69 Å². The van der Waals surface area contributed by atoms with Crippen molar-refractivity contribution < 1.29 is 24.1 Å². The zero-order chi connectivity index (χ0) is 29.0. The summed E-state index contributed by atoms with van der Waals surface area (Å²) in [6, 6.07) is 7.81. The first-order valence-corrected chi connectivity index (χ1v) is 14.6. The monoisotopic (exact) mass is 559 g/mol. The minimum absolute atomic E-state index is 0.0257. The molecule has 2 aromatic carbocycles. The number of amides is 1. The fourth-order valence-electron chi connectivity index (χ4n) is 4.52. The van der Waals surface area contributed by atoms with Gasteiger partial charge in [-0.05, 0) is 61.5 Å². The minimum Gasteiger partial charge on any atom is -0.508 e. The molecule has 0 saturated carbocycles. The maximum atomic E-state index is 13.6. The molecule has 1 heterocycles. The quantitative estimate of drug-likeness (QED) is 0.289. The van der Waals surface area contributed by atoms with Crippen molar-refractivity contribution in [2.24, 2.45) is 0 Å². The van der Waals surface area contributed by atoms with Gasteiger partial charge in [0.05, 0.1) is 17.3 Å². The highest BCUT2D eigenvalue weighted by molar-refractivity contribution is 6.33. The zero-order valence-corrected chi connectivity index (χ0v) is 25.6. The van der Waals surface area contributed by atoms with E-state index in [1.54, 1.807) is 6.92 Å². The number of hydrogen-bond acceptors (Lipinski definition) is 5. The van der Waals surface area contributed by atoms with Gasteiger partial charge in [0.25, 0.3) is 5.91 Å². The van der Waals surface area contributed by atoms with Crippen LogP contribution in [0, 0.1) is 6.92 Å². The van der Waals surface area contributed by atoms with Gasteiger partial charge >= 0.3 is 0 Å². The Labute approximate surface area is 239 Å². The molecule has 0 bridgehead atoms. The van der Waals surface area contributed by atoms with Crippen LogP contribution in [0.25, 0.3) is 0 Å². The number of halogens is 1. The molecule has 0 aliphatic carbocycles. The molecule has 39 heavy (non-hydrogen) atoms. The van der Waals surface area contributed by atoms with E-state index < -0.39 is 12.4 Å². The van der Waals surface area contributed by atoms with Crippen LogP contribution in [0.5, 0.6) is 17.2 Å². The summed E-state index contributed by atoms with van der Waals surface area (Å²) in [5, 5.41) is 13.6. The van der Waals surface area contributed by atoms with E-state index in [2.05, 4.69) is 59.0 Å². The number of carbonyl (C=O) groups excluding carboxylic acids is 1. The molecule has 2 atom stereocenters. The highest BCUT2D eigenvalue weighted by atomic mass is 35.5. The lowest BCUT2D eigenvalue weighted by molar-refractivity contribution is -0.123. The van der Waals surface area contributed by atoms with Crippen molar-refractivity contribution in [3.63, 3.8) is 0 Å². The predicted molar refractivity (Wildman–Crippen MR) is 158 cm³/mol. The molecule has 1 saturated heterocycles. The molecule has 3 rings (SSSR count). The lowest BCUT2D eigenvalue weighted by Crippen LogP contribution is -2.34. The van der Waals surface area contributed by atoms with Crippen molar-refractivity contribution >= 4 is 23.2 Å². The molecule has 216 valence electrons. The van der Waals surface area contributed by atoms with Gasteiger partial charge < -0.3 is 24.6 Å². The van der Waals surface area contributed by atoms with Gasteiger partial charge in [0.15, 0.2) is 18.1 Å². The van der Waals surface area contributed by atoms with Crippen LogP contribution in [-0.2, 0) is 20.4 Å². The summed E-state index contributed by atoms with van der Waals surface area (Å²) in [5.41, 5.74) is 3.00. The van der Waals surface area contributed by atoms with Gasteiger partial charge in [-0.1, -0.05) is 72.2 Å². The van der Waals surface area contributed by atoms with E-state index in [1.165, 1.54) is 11.6 Å². The molecule has 0 spiro atoms. The summed E-state index contributed by atoms with van der Waals surface area (Å²) in [6.07, 6.45) is 3.86. The fourth-order valence-corrected chi connectivity index (χ4v) is 4.76. The third kappa shape index (κ3) is 7.20. The van der Waals surface area contributed by atoms with Gasteiger partial charge in [0.1, 0.15) is 11.5 Å². The highest BCUT2D eigenvalue weighted by Gasteiger charge is 2.30. The Morgan fingerprint density at radius 3 is 2.41 bits per heavy atom. The topological polar surface area (TPSA) is 77.0 Å². The van der Waals surface area contributed by atoms with Crippen LogP contribution in [0.2, 0.25) is 5.02 Å². The Morgan fingerprint density at radius 1 is 1.13 bits per heavy atom. The number of rotatable bonds is 11. The second-order valence-electron chi connectivity index (χ2n) is 11.8. The van der Waals surface area contributed by atoms with Gasteiger partial charge in [0.2, 0.25) is 0 Å². The van der Waals surface area contributed by atoms with Crippen molar-refractivity contribution in [3.8, 4) is 17.2 Å². The molecule has 2 unspecified atom stereocenters. The van der Waals surface area contributed by atoms with Crippen molar-refractivity contribution in [3.05, 3.63) is 46.0 Å². The molecule has 0 aromatic heterocycles. The normalized spacial score (nSPS) is 17.0. The molecule has 1 aliphatic heterocycles. The molecule has 7 heteroatoms. The van der Waals surface area contributed by atoms with Crippen molar-refractivity contribution in [1.29, 1.82) is 0 Å². The number of phenols is 1. The smallest absolute Gasteiger partial charge is 0.265 e. The van der Waals surface area contributed by atoms with Gasteiger partial charge in [-0.3, -0.25) is 4.79 Å². The second kappa shape index (κ2) is 12.8. The van der Waals surface area contributed by atoms with Crippen LogP contribution in [0.15, 0.2) is 24.3 Å². The highest BCUT2D eigenvalue weighted by Crippen LogP contribution is 2.43. The molecule has 2 N–H and O–H groups in total. The Morgan fingerprint density at radius 2 is 1.82 bits per heavy atom. The first-order valence-electron chi connectivity index (χ1n) is 14.3. The maximum absolute atomic E-state index is 13.6. The summed E-state index contributed by atoms with van der Waals surface area (Å²) in [6.45, 7) is 17.5. The van der Waals surface area contributed by atoms with Crippen molar-refractivity contribution in [1.82, 2.24) is 0 Å². The number of aromatic hydroxyl groups is 1. The van der Waals surface area contributed by atoms with Crippen LogP contribution in [-0.4, -0.2) is 30.0 Å². The Kier molecular flexibility index (Phi) is 10.2.